The van der Waals surface area contributed by atoms with Gasteiger partial charge in [0.05, 0.1) is 33.9 Å². The molecule has 6 aromatic rings. The topological polar surface area (TPSA) is 129 Å². The summed E-state index contributed by atoms with van der Waals surface area (Å²) >= 11 is 0. The lowest BCUT2D eigenvalue weighted by atomic mass is 9.86. The third kappa shape index (κ3) is 7.05. The van der Waals surface area contributed by atoms with Crippen LogP contribution in [0.5, 0.6) is 0 Å². The molecule has 1 amide bonds. The molecular weight excluding hydrogens is 630 g/mol. The average molecular weight is 664 g/mol. The SMILES string of the molecule is O=C(COC(=O)c1c2c(nc3ccccc13)/C(=C/c1cccc([N+](=O)[O-])c1)CCC2)NCc1cn(Cc2ccccc2)nc1-c1ccccc1. The van der Waals surface area contributed by atoms with Crippen LogP contribution in [0.1, 0.15) is 51.1 Å². The fourth-order valence-corrected chi connectivity index (χ4v) is 6.37. The highest BCUT2D eigenvalue weighted by Gasteiger charge is 2.26. The predicted octanol–water partition coefficient (Wildman–Crippen LogP) is 7.40. The summed E-state index contributed by atoms with van der Waals surface area (Å²) in [6, 6.07) is 33.6. The fraction of sp³-hybridized carbons (Fsp3) is 0.150. The number of nitro groups is 1. The van der Waals surface area contributed by atoms with Crippen LogP contribution in [-0.4, -0.2) is 38.2 Å². The van der Waals surface area contributed by atoms with Crippen LogP contribution in [0, 0.1) is 10.1 Å². The number of aromatic nitrogens is 3. The number of rotatable bonds is 10. The van der Waals surface area contributed by atoms with E-state index in [1.807, 2.05) is 102 Å². The summed E-state index contributed by atoms with van der Waals surface area (Å²) in [4.78, 5) is 42.7. The summed E-state index contributed by atoms with van der Waals surface area (Å²) in [6.07, 6.45) is 5.88. The molecule has 1 aliphatic carbocycles. The summed E-state index contributed by atoms with van der Waals surface area (Å²) in [7, 11) is 0. The first-order valence-electron chi connectivity index (χ1n) is 16.4. The predicted molar refractivity (Wildman–Crippen MR) is 191 cm³/mol. The molecule has 2 aromatic heterocycles. The molecule has 1 N–H and O–H groups in total. The number of non-ortho nitro benzene ring substituents is 1. The maximum Gasteiger partial charge on any atom is 0.339 e. The van der Waals surface area contributed by atoms with Gasteiger partial charge in [-0.1, -0.05) is 91.0 Å². The van der Waals surface area contributed by atoms with Crippen molar-refractivity contribution in [3.05, 3.63) is 159 Å². The highest BCUT2D eigenvalue weighted by atomic mass is 16.6. The fourth-order valence-electron chi connectivity index (χ4n) is 6.37. The van der Waals surface area contributed by atoms with E-state index in [-0.39, 0.29) is 12.2 Å². The molecule has 0 saturated heterocycles. The largest absolute Gasteiger partial charge is 0.452 e. The van der Waals surface area contributed by atoms with Crippen molar-refractivity contribution in [1.82, 2.24) is 20.1 Å². The molecule has 10 heteroatoms. The van der Waals surface area contributed by atoms with Gasteiger partial charge in [-0.05, 0) is 53.7 Å². The number of para-hydroxylation sites is 1. The highest BCUT2D eigenvalue weighted by molar-refractivity contribution is 6.07. The Labute approximate surface area is 288 Å². The molecule has 0 spiro atoms. The lowest BCUT2D eigenvalue weighted by Gasteiger charge is -2.22. The van der Waals surface area contributed by atoms with Crippen LogP contribution in [0.15, 0.2) is 115 Å². The van der Waals surface area contributed by atoms with E-state index in [2.05, 4.69) is 5.32 Å². The van der Waals surface area contributed by atoms with E-state index in [9.17, 15) is 19.7 Å². The van der Waals surface area contributed by atoms with Gasteiger partial charge in [-0.25, -0.2) is 9.78 Å². The standard InChI is InChI=1S/C40H33N5O5/c46-36(41-23-31-25-44(24-27-11-3-1-4-12-27)43-38(31)29-14-5-2-6-15-29)26-50-40(47)37-33-18-7-8-20-35(33)42-39-30(16-10-19-34(37)39)21-28-13-9-17-32(22-28)45(48)49/h1-9,11-15,17-18,20-22,25H,10,16,19,23-24,26H2,(H,41,46)/b30-21+. The minimum atomic E-state index is -0.604. The van der Waals surface area contributed by atoms with Crippen LogP contribution in [-0.2, 0) is 29.0 Å². The molecule has 248 valence electrons. The Bertz CT molecular complexity index is 2250. The van der Waals surface area contributed by atoms with E-state index in [0.29, 0.717) is 47.1 Å². The Morgan fingerprint density at radius 3 is 2.46 bits per heavy atom. The molecule has 7 rings (SSSR count). The second kappa shape index (κ2) is 14.4. The Balaban J connectivity index is 1.10. The smallest absolute Gasteiger partial charge is 0.339 e. The van der Waals surface area contributed by atoms with Crippen molar-refractivity contribution in [3.8, 4) is 11.3 Å². The van der Waals surface area contributed by atoms with Crippen LogP contribution in [0.4, 0.5) is 5.69 Å². The molecule has 10 nitrogen and oxygen atoms in total. The summed E-state index contributed by atoms with van der Waals surface area (Å²) in [6.45, 7) is 0.326. The molecule has 0 fully saturated rings. The number of carbonyl (C=O) groups is 2. The number of allylic oxidation sites excluding steroid dienone is 1. The second-order valence-corrected chi connectivity index (χ2v) is 12.1. The Morgan fingerprint density at radius 1 is 0.900 bits per heavy atom. The van der Waals surface area contributed by atoms with Gasteiger partial charge in [-0.2, -0.15) is 5.10 Å². The minimum Gasteiger partial charge on any atom is -0.452 e. The maximum absolute atomic E-state index is 13.8. The van der Waals surface area contributed by atoms with Crippen molar-refractivity contribution < 1.29 is 19.2 Å². The van der Waals surface area contributed by atoms with Gasteiger partial charge in [0.2, 0.25) is 0 Å². The van der Waals surface area contributed by atoms with Gasteiger partial charge in [0.25, 0.3) is 11.6 Å². The number of hydrogen-bond donors (Lipinski definition) is 1. The number of nitrogens with one attached hydrogen (secondary N) is 1. The molecule has 2 heterocycles. The monoisotopic (exact) mass is 663 g/mol. The first-order valence-corrected chi connectivity index (χ1v) is 16.4. The number of amides is 1. The number of nitrogens with zero attached hydrogens (tertiary/aromatic N) is 4. The molecule has 50 heavy (non-hydrogen) atoms. The third-order valence-electron chi connectivity index (χ3n) is 8.68. The van der Waals surface area contributed by atoms with Gasteiger partial charge in [-0.15, -0.1) is 0 Å². The summed E-state index contributed by atoms with van der Waals surface area (Å²) in [5.41, 5.74) is 7.62. The van der Waals surface area contributed by atoms with Gasteiger partial charge in [0, 0.05) is 41.4 Å². The number of ether oxygens (including phenoxy) is 1. The quantitative estimate of drug-likeness (QED) is 0.0918. The first-order chi connectivity index (χ1) is 24.4. The minimum absolute atomic E-state index is 0.00158. The van der Waals surface area contributed by atoms with Crippen molar-refractivity contribution in [1.29, 1.82) is 0 Å². The number of fused-ring (bicyclic) bond motifs is 2. The van der Waals surface area contributed by atoms with E-state index >= 15 is 0 Å². The Morgan fingerprint density at radius 2 is 1.66 bits per heavy atom. The van der Waals surface area contributed by atoms with Crippen LogP contribution in [0.3, 0.4) is 0 Å². The van der Waals surface area contributed by atoms with Crippen molar-refractivity contribution in [3.63, 3.8) is 0 Å². The lowest BCUT2D eigenvalue weighted by molar-refractivity contribution is -0.384. The number of carbonyl (C=O) groups excluding carboxylic acids is 2. The molecule has 4 aromatic carbocycles. The van der Waals surface area contributed by atoms with E-state index in [4.69, 9.17) is 14.8 Å². The van der Waals surface area contributed by atoms with Gasteiger partial charge >= 0.3 is 5.97 Å². The zero-order chi connectivity index (χ0) is 34.5. The van der Waals surface area contributed by atoms with E-state index < -0.39 is 23.4 Å². The highest BCUT2D eigenvalue weighted by Crippen LogP contribution is 2.36. The summed E-state index contributed by atoms with van der Waals surface area (Å²) < 4.78 is 7.51. The van der Waals surface area contributed by atoms with Crippen molar-refractivity contribution in [2.24, 2.45) is 0 Å². The van der Waals surface area contributed by atoms with Crippen LogP contribution < -0.4 is 5.32 Å². The molecule has 0 bridgehead atoms. The summed E-state index contributed by atoms with van der Waals surface area (Å²) in [5, 5.41) is 19.7. The molecule has 0 aliphatic heterocycles. The van der Waals surface area contributed by atoms with Gasteiger partial charge in [0.1, 0.15) is 0 Å². The van der Waals surface area contributed by atoms with Gasteiger partial charge in [-0.3, -0.25) is 19.6 Å². The zero-order valence-corrected chi connectivity index (χ0v) is 27.1. The van der Waals surface area contributed by atoms with Crippen LogP contribution in [0.2, 0.25) is 0 Å². The number of hydrogen-bond acceptors (Lipinski definition) is 7. The number of pyridine rings is 1. The van der Waals surface area contributed by atoms with Gasteiger partial charge < -0.3 is 10.1 Å². The summed E-state index contributed by atoms with van der Waals surface area (Å²) in [5.74, 6) is -1.04. The number of esters is 1. The van der Waals surface area contributed by atoms with E-state index in [1.165, 1.54) is 12.1 Å². The zero-order valence-electron chi connectivity index (χ0n) is 27.1. The molecule has 0 unspecified atom stereocenters. The van der Waals surface area contributed by atoms with Crippen molar-refractivity contribution in [2.45, 2.75) is 32.4 Å². The lowest BCUT2D eigenvalue weighted by Crippen LogP contribution is -2.29. The first kappa shape index (κ1) is 32.1. The number of nitro benzene ring substituents is 1. The van der Waals surface area contributed by atoms with Crippen LogP contribution >= 0.6 is 0 Å². The molecule has 0 saturated carbocycles. The van der Waals surface area contributed by atoms with E-state index in [1.54, 1.807) is 12.1 Å². The van der Waals surface area contributed by atoms with Crippen LogP contribution in [0.25, 0.3) is 33.8 Å². The van der Waals surface area contributed by atoms with E-state index in [0.717, 1.165) is 39.9 Å². The van der Waals surface area contributed by atoms with Crippen molar-refractivity contribution >= 4 is 40.1 Å². The Hall–Kier alpha value is -6.42. The van der Waals surface area contributed by atoms with Crippen molar-refractivity contribution in [2.75, 3.05) is 6.61 Å². The van der Waals surface area contributed by atoms with Gasteiger partial charge in [0.15, 0.2) is 6.61 Å². The average Bonchev–Trinajstić information content (AvgIpc) is 3.55. The molecule has 0 radical (unpaired) electrons. The normalized spacial score (nSPS) is 13.2. The molecule has 0 atom stereocenters. The maximum atomic E-state index is 13.8. The third-order valence-corrected chi connectivity index (χ3v) is 8.68. The second-order valence-electron chi connectivity index (χ2n) is 12.1. The molecular formula is C40H33N5O5. The Kier molecular flexibility index (Phi) is 9.24. The molecule has 1 aliphatic rings. The number of benzene rings is 4.